The van der Waals surface area contributed by atoms with Gasteiger partial charge in [-0.1, -0.05) is 6.92 Å². The van der Waals surface area contributed by atoms with Gasteiger partial charge in [-0.3, -0.25) is 14.5 Å². The standard InChI is InChI=1S/C13H25N3O3S/c1-10(20-3)6-13(18)16-4-5-19-11(8-16)7-15(2)9-12(14)17/h10-11H,4-9H2,1-3H3,(H2,14,17)/t10-,11-/m1/s1. The van der Waals surface area contributed by atoms with Gasteiger partial charge in [0.15, 0.2) is 0 Å². The minimum absolute atomic E-state index is 0.0540. The Bertz CT molecular complexity index is 341. The van der Waals surface area contributed by atoms with Crippen molar-refractivity contribution in [3.8, 4) is 0 Å². The number of hydrogen-bond acceptors (Lipinski definition) is 5. The van der Waals surface area contributed by atoms with Crippen molar-refractivity contribution in [3.63, 3.8) is 0 Å². The summed E-state index contributed by atoms with van der Waals surface area (Å²) in [5.74, 6) is -0.178. The van der Waals surface area contributed by atoms with Crippen molar-refractivity contribution >= 4 is 23.6 Å². The maximum atomic E-state index is 12.1. The average molecular weight is 303 g/mol. The van der Waals surface area contributed by atoms with E-state index in [2.05, 4.69) is 6.92 Å². The van der Waals surface area contributed by atoms with E-state index < -0.39 is 0 Å². The molecule has 1 rings (SSSR count). The molecule has 0 aliphatic carbocycles. The van der Waals surface area contributed by atoms with Gasteiger partial charge in [0.25, 0.3) is 0 Å². The van der Waals surface area contributed by atoms with Crippen LogP contribution in [-0.2, 0) is 14.3 Å². The number of carbonyl (C=O) groups is 2. The van der Waals surface area contributed by atoms with Crippen molar-refractivity contribution in [1.82, 2.24) is 9.80 Å². The summed E-state index contributed by atoms with van der Waals surface area (Å²) < 4.78 is 5.65. The summed E-state index contributed by atoms with van der Waals surface area (Å²) in [4.78, 5) is 26.7. The second kappa shape index (κ2) is 8.49. The van der Waals surface area contributed by atoms with Crippen LogP contribution in [0.3, 0.4) is 0 Å². The van der Waals surface area contributed by atoms with E-state index in [1.165, 1.54) is 0 Å². The number of thioether (sulfide) groups is 1. The van der Waals surface area contributed by atoms with E-state index in [4.69, 9.17) is 10.5 Å². The van der Waals surface area contributed by atoms with Gasteiger partial charge in [0.05, 0.1) is 19.3 Å². The van der Waals surface area contributed by atoms with E-state index in [0.29, 0.717) is 37.9 Å². The van der Waals surface area contributed by atoms with Crippen LogP contribution < -0.4 is 5.73 Å². The van der Waals surface area contributed by atoms with Crippen molar-refractivity contribution in [2.75, 3.05) is 46.1 Å². The van der Waals surface area contributed by atoms with Gasteiger partial charge >= 0.3 is 0 Å². The van der Waals surface area contributed by atoms with Crippen LogP contribution in [0.2, 0.25) is 0 Å². The van der Waals surface area contributed by atoms with Gasteiger partial charge in [-0.25, -0.2) is 0 Å². The highest BCUT2D eigenvalue weighted by molar-refractivity contribution is 7.99. The van der Waals surface area contributed by atoms with Crippen molar-refractivity contribution in [3.05, 3.63) is 0 Å². The molecule has 0 aromatic rings. The zero-order chi connectivity index (χ0) is 15.1. The average Bonchev–Trinajstić information content (AvgIpc) is 2.37. The van der Waals surface area contributed by atoms with Gasteiger partial charge in [-0.2, -0.15) is 11.8 Å². The molecule has 0 aromatic carbocycles. The largest absolute Gasteiger partial charge is 0.373 e. The third-order valence-electron chi connectivity index (χ3n) is 3.30. The molecule has 1 fully saturated rings. The second-order valence-corrected chi connectivity index (χ2v) is 6.52. The summed E-state index contributed by atoms with van der Waals surface area (Å²) in [6.07, 6.45) is 2.52. The van der Waals surface area contributed by atoms with E-state index in [-0.39, 0.29) is 24.5 Å². The maximum Gasteiger partial charge on any atom is 0.231 e. The Kier molecular flexibility index (Phi) is 7.32. The molecule has 116 valence electrons. The number of primary amides is 1. The molecule has 2 atom stereocenters. The summed E-state index contributed by atoms with van der Waals surface area (Å²) >= 11 is 1.70. The fourth-order valence-electron chi connectivity index (χ4n) is 2.19. The summed E-state index contributed by atoms with van der Waals surface area (Å²) in [6.45, 7) is 4.65. The molecular formula is C13H25N3O3S. The molecule has 6 nitrogen and oxygen atoms in total. The molecule has 0 radical (unpaired) electrons. The topological polar surface area (TPSA) is 75.9 Å². The Labute approximate surface area is 125 Å². The lowest BCUT2D eigenvalue weighted by Gasteiger charge is -2.35. The molecule has 1 aliphatic heterocycles. The monoisotopic (exact) mass is 303 g/mol. The van der Waals surface area contributed by atoms with Crippen LogP contribution in [0.1, 0.15) is 13.3 Å². The number of hydrogen-bond donors (Lipinski definition) is 1. The van der Waals surface area contributed by atoms with Gasteiger partial charge in [0.2, 0.25) is 11.8 Å². The highest BCUT2D eigenvalue weighted by Gasteiger charge is 2.25. The van der Waals surface area contributed by atoms with Gasteiger partial charge < -0.3 is 15.4 Å². The van der Waals surface area contributed by atoms with Gasteiger partial charge in [0.1, 0.15) is 0 Å². The minimum Gasteiger partial charge on any atom is -0.373 e. The molecular weight excluding hydrogens is 278 g/mol. The first-order valence-corrected chi connectivity index (χ1v) is 8.10. The number of nitrogens with zero attached hydrogens (tertiary/aromatic N) is 2. The van der Waals surface area contributed by atoms with Crippen LogP contribution >= 0.6 is 11.8 Å². The fraction of sp³-hybridized carbons (Fsp3) is 0.846. The van der Waals surface area contributed by atoms with Crippen LogP contribution in [0.15, 0.2) is 0 Å². The molecule has 7 heteroatoms. The van der Waals surface area contributed by atoms with Crippen molar-refractivity contribution in [2.24, 2.45) is 5.73 Å². The van der Waals surface area contributed by atoms with Crippen molar-refractivity contribution in [1.29, 1.82) is 0 Å². The number of likely N-dealkylation sites (N-methyl/N-ethyl adjacent to an activating group) is 1. The van der Waals surface area contributed by atoms with Crippen LogP contribution in [0.5, 0.6) is 0 Å². The molecule has 1 saturated heterocycles. The second-order valence-electron chi connectivity index (χ2n) is 5.25. The van der Waals surface area contributed by atoms with Crippen LogP contribution in [0.25, 0.3) is 0 Å². The predicted octanol–water partition coefficient (Wildman–Crippen LogP) is -0.227. The molecule has 2 amide bonds. The lowest BCUT2D eigenvalue weighted by Crippen LogP contribution is -2.50. The Morgan fingerprint density at radius 1 is 1.55 bits per heavy atom. The Hall–Kier alpha value is -0.790. The van der Waals surface area contributed by atoms with Crippen LogP contribution in [-0.4, -0.2) is 79.1 Å². The fourth-order valence-corrected chi connectivity index (χ4v) is 2.50. The summed E-state index contributed by atoms with van der Waals surface area (Å²) in [6, 6.07) is 0. The highest BCUT2D eigenvalue weighted by Crippen LogP contribution is 2.14. The summed E-state index contributed by atoms with van der Waals surface area (Å²) in [5, 5.41) is 0.335. The van der Waals surface area contributed by atoms with Crippen molar-refractivity contribution < 1.29 is 14.3 Å². The quantitative estimate of drug-likeness (QED) is 0.703. The number of amides is 2. The zero-order valence-electron chi connectivity index (χ0n) is 12.5. The molecule has 0 unspecified atom stereocenters. The third-order valence-corrected chi connectivity index (χ3v) is 4.27. The number of morpholine rings is 1. The van der Waals surface area contributed by atoms with Gasteiger partial charge in [-0.15, -0.1) is 0 Å². The maximum absolute atomic E-state index is 12.1. The minimum atomic E-state index is -0.356. The van der Waals surface area contributed by atoms with Crippen LogP contribution in [0, 0.1) is 0 Å². The molecule has 0 bridgehead atoms. The highest BCUT2D eigenvalue weighted by atomic mass is 32.2. The van der Waals surface area contributed by atoms with Gasteiger partial charge in [-0.05, 0) is 13.3 Å². The molecule has 1 aliphatic rings. The first-order valence-electron chi connectivity index (χ1n) is 6.81. The molecule has 0 saturated carbocycles. The Morgan fingerprint density at radius 3 is 2.85 bits per heavy atom. The van der Waals surface area contributed by atoms with E-state index in [9.17, 15) is 9.59 Å². The van der Waals surface area contributed by atoms with Crippen LogP contribution in [0.4, 0.5) is 0 Å². The number of nitrogens with two attached hydrogens (primary N) is 1. The Morgan fingerprint density at radius 2 is 2.25 bits per heavy atom. The lowest BCUT2D eigenvalue weighted by molar-refractivity contribution is -0.139. The Balaban J connectivity index is 2.41. The van der Waals surface area contributed by atoms with Crippen molar-refractivity contribution in [2.45, 2.75) is 24.7 Å². The number of carbonyl (C=O) groups excluding carboxylic acids is 2. The normalized spacial score (nSPS) is 21.0. The van der Waals surface area contributed by atoms with E-state index in [0.717, 1.165) is 0 Å². The summed E-state index contributed by atoms with van der Waals surface area (Å²) in [7, 11) is 1.82. The molecule has 1 heterocycles. The summed E-state index contributed by atoms with van der Waals surface area (Å²) in [5.41, 5.74) is 5.16. The molecule has 2 N–H and O–H groups in total. The van der Waals surface area contributed by atoms with E-state index in [1.807, 2.05) is 23.1 Å². The van der Waals surface area contributed by atoms with Gasteiger partial charge in [0, 0.05) is 31.3 Å². The number of rotatable bonds is 7. The first kappa shape index (κ1) is 17.3. The molecule has 20 heavy (non-hydrogen) atoms. The SMILES string of the molecule is CS[C@H](C)CC(=O)N1CCO[C@H](CN(C)CC(N)=O)C1. The third kappa shape index (κ3) is 6.11. The van der Waals surface area contributed by atoms with E-state index >= 15 is 0 Å². The zero-order valence-corrected chi connectivity index (χ0v) is 13.3. The first-order chi connectivity index (χ1) is 9.42. The molecule has 0 aromatic heterocycles. The predicted molar refractivity (Wildman–Crippen MR) is 80.6 cm³/mol. The molecule has 0 spiro atoms. The smallest absolute Gasteiger partial charge is 0.231 e. The lowest BCUT2D eigenvalue weighted by atomic mass is 10.2. The van der Waals surface area contributed by atoms with E-state index in [1.54, 1.807) is 11.8 Å². The number of ether oxygens (including phenoxy) is 1.